The summed E-state index contributed by atoms with van der Waals surface area (Å²) in [6, 6.07) is 30.5. The third-order valence-corrected chi connectivity index (χ3v) is 8.60. The zero-order valence-electron chi connectivity index (χ0n) is 23.7. The number of methoxy groups -OCH3 is 2. The molecule has 4 aromatic carbocycles. The molecule has 0 saturated carbocycles. The lowest BCUT2D eigenvalue weighted by Gasteiger charge is -2.32. The van der Waals surface area contributed by atoms with E-state index in [1.807, 2.05) is 66.7 Å². The van der Waals surface area contributed by atoms with E-state index in [4.69, 9.17) is 14.2 Å². The van der Waals surface area contributed by atoms with Gasteiger partial charge in [-0.25, -0.2) is 8.42 Å². The Morgan fingerprint density at radius 3 is 2.07 bits per heavy atom. The highest BCUT2D eigenvalue weighted by molar-refractivity contribution is 14.1. The molecule has 0 bridgehead atoms. The summed E-state index contributed by atoms with van der Waals surface area (Å²) in [5, 5.41) is 14.8. The number of anilines is 1. The van der Waals surface area contributed by atoms with E-state index < -0.39 is 19.7 Å². The van der Waals surface area contributed by atoms with Crippen LogP contribution in [-0.2, 0) is 26.6 Å². The average Bonchev–Trinajstić information content (AvgIpc) is 2.99. The van der Waals surface area contributed by atoms with E-state index >= 15 is 0 Å². The molecule has 8 nitrogen and oxygen atoms in total. The number of aliphatic hydroxyl groups is 1. The second-order valence-corrected chi connectivity index (χ2v) is 13.4. The number of nitrogens with one attached hydrogen (secondary N) is 2. The Balaban J connectivity index is 1.58. The van der Waals surface area contributed by atoms with Crippen LogP contribution >= 0.6 is 22.6 Å². The lowest BCUT2D eigenvalue weighted by atomic mass is 9.97. The number of ether oxygens (including phenoxy) is 3. The minimum absolute atomic E-state index is 0.187. The highest BCUT2D eigenvalue weighted by atomic mass is 127. The number of hydrogen-bond donors (Lipinski definition) is 3. The molecule has 2 atom stereocenters. The molecule has 10 heteroatoms. The topological polar surface area (TPSA) is 106 Å². The van der Waals surface area contributed by atoms with Gasteiger partial charge in [0.2, 0.25) is 10.0 Å². The standard InChI is InChI=1S/C32H35IN2O6S/c1-39-30-17-15-26(19-31(30)40-2)32(33,20-23-10-6-4-7-11-23)34-21-28(36)25-14-16-29(27(18-25)35-42(3,37)38)41-22-24-12-8-5-9-13-24/h4-19,28,34-36H,20-22H2,1-3H3. The fourth-order valence-corrected chi connectivity index (χ4v) is 6.05. The summed E-state index contributed by atoms with van der Waals surface area (Å²) < 4.78 is 43.1. The highest BCUT2D eigenvalue weighted by Gasteiger charge is 2.31. The van der Waals surface area contributed by atoms with E-state index in [0.717, 1.165) is 22.9 Å². The largest absolute Gasteiger partial charge is 0.493 e. The Morgan fingerprint density at radius 2 is 1.45 bits per heavy atom. The van der Waals surface area contributed by atoms with Crippen LogP contribution < -0.4 is 24.2 Å². The predicted octanol–water partition coefficient (Wildman–Crippen LogP) is 5.81. The molecule has 0 aromatic heterocycles. The molecule has 3 N–H and O–H groups in total. The van der Waals surface area contributed by atoms with Gasteiger partial charge in [0.15, 0.2) is 11.5 Å². The molecule has 42 heavy (non-hydrogen) atoms. The molecule has 0 fully saturated rings. The number of aliphatic hydroxyl groups excluding tert-OH is 1. The smallest absolute Gasteiger partial charge is 0.229 e. The number of alkyl halides is 1. The number of benzene rings is 4. The van der Waals surface area contributed by atoms with Crippen LogP contribution in [0.25, 0.3) is 0 Å². The van der Waals surface area contributed by atoms with Gasteiger partial charge >= 0.3 is 0 Å². The molecule has 0 aliphatic heterocycles. The molecule has 0 aliphatic rings. The Kier molecular flexibility index (Phi) is 10.7. The third-order valence-electron chi connectivity index (χ3n) is 6.63. The molecule has 0 saturated heterocycles. The highest BCUT2D eigenvalue weighted by Crippen LogP contribution is 2.39. The van der Waals surface area contributed by atoms with E-state index in [0.29, 0.717) is 29.2 Å². The first-order valence-corrected chi connectivity index (χ1v) is 16.2. The molecule has 4 rings (SSSR count). The van der Waals surface area contributed by atoms with Crippen LogP contribution in [0.4, 0.5) is 5.69 Å². The molecule has 0 aliphatic carbocycles. The van der Waals surface area contributed by atoms with Crippen LogP contribution in [0.15, 0.2) is 97.1 Å². The fraction of sp³-hybridized carbons (Fsp3) is 0.250. The molecule has 4 aromatic rings. The van der Waals surface area contributed by atoms with Gasteiger partial charge in [-0.05, 0) is 46.5 Å². The summed E-state index contributed by atoms with van der Waals surface area (Å²) in [6.45, 7) is 0.456. The first-order chi connectivity index (χ1) is 20.1. The lowest BCUT2D eigenvalue weighted by Crippen LogP contribution is -2.41. The lowest BCUT2D eigenvalue weighted by molar-refractivity contribution is 0.168. The molecule has 0 amide bonds. The number of hydrogen-bond acceptors (Lipinski definition) is 7. The van der Waals surface area contributed by atoms with Crippen molar-refractivity contribution in [2.24, 2.45) is 0 Å². The Morgan fingerprint density at radius 1 is 0.833 bits per heavy atom. The predicted molar refractivity (Wildman–Crippen MR) is 174 cm³/mol. The summed E-state index contributed by atoms with van der Waals surface area (Å²) in [7, 11) is -0.401. The Labute approximate surface area is 261 Å². The van der Waals surface area contributed by atoms with Crippen molar-refractivity contribution in [3.05, 3.63) is 119 Å². The van der Waals surface area contributed by atoms with Crippen LogP contribution in [0.2, 0.25) is 0 Å². The molecule has 222 valence electrons. The second kappa shape index (κ2) is 14.2. The van der Waals surface area contributed by atoms with Gasteiger partial charge in [-0.3, -0.25) is 10.0 Å². The SMILES string of the molecule is COc1ccc(C(I)(Cc2ccccc2)NCC(O)c2ccc(OCc3ccccc3)c(NS(C)(=O)=O)c2)cc1OC. The van der Waals surface area contributed by atoms with Crippen LogP contribution in [-0.4, -0.2) is 40.5 Å². The van der Waals surface area contributed by atoms with Crippen molar-refractivity contribution >= 4 is 38.3 Å². The van der Waals surface area contributed by atoms with Gasteiger partial charge in [0.1, 0.15) is 15.9 Å². The normalized spacial score (nSPS) is 13.5. The van der Waals surface area contributed by atoms with Crippen LogP contribution in [0.5, 0.6) is 17.2 Å². The summed E-state index contributed by atoms with van der Waals surface area (Å²) in [4.78, 5) is 0. The van der Waals surface area contributed by atoms with Crippen molar-refractivity contribution < 1.29 is 27.7 Å². The maximum atomic E-state index is 12.1. The minimum atomic E-state index is -3.59. The van der Waals surface area contributed by atoms with Crippen molar-refractivity contribution in [3.63, 3.8) is 0 Å². The average molecular weight is 703 g/mol. The quantitative estimate of drug-likeness (QED) is 0.0866. The third kappa shape index (κ3) is 8.60. The molecule has 2 unspecified atom stereocenters. The zero-order valence-corrected chi connectivity index (χ0v) is 26.7. The van der Waals surface area contributed by atoms with Crippen molar-refractivity contribution in [2.75, 3.05) is 31.7 Å². The van der Waals surface area contributed by atoms with E-state index in [1.165, 1.54) is 0 Å². The van der Waals surface area contributed by atoms with Gasteiger partial charge in [-0.1, -0.05) is 95.4 Å². The minimum Gasteiger partial charge on any atom is -0.493 e. The fourth-order valence-electron chi connectivity index (χ4n) is 4.50. The van der Waals surface area contributed by atoms with Gasteiger partial charge in [-0.2, -0.15) is 0 Å². The first-order valence-electron chi connectivity index (χ1n) is 13.3. The zero-order chi connectivity index (χ0) is 30.2. The van der Waals surface area contributed by atoms with Gasteiger partial charge in [0.25, 0.3) is 0 Å². The van der Waals surface area contributed by atoms with Crippen molar-refractivity contribution in [3.8, 4) is 17.2 Å². The van der Waals surface area contributed by atoms with Gasteiger partial charge in [0, 0.05) is 13.0 Å². The maximum Gasteiger partial charge on any atom is 0.229 e. The molecule has 0 heterocycles. The summed E-state index contributed by atoms with van der Waals surface area (Å²) in [6.07, 6.45) is 0.762. The Bertz CT molecular complexity index is 1570. The molecular formula is C32H35IN2O6S. The molecule has 0 radical (unpaired) electrons. The van der Waals surface area contributed by atoms with Crippen LogP contribution in [0, 0.1) is 0 Å². The summed E-state index contributed by atoms with van der Waals surface area (Å²) >= 11 is 2.37. The monoisotopic (exact) mass is 702 g/mol. The van der Waals surface area contributed by atoms with E-state index in [2.05, 4.69) is 44.8 Å². The summed E-state index contributed by atoms with van der Waals surface area (Å²) in [5.41, 5.74) is 3.80. The maximum absolute atomic E-state index is 12.1. The van der Waals surface area contributed by atoms with Gasteiger partial charge in [0.05, 0.1) is 32.3 Å². The van der Waals surface area contributed by atoms with Crippen molar-refractivity contribution in [2.45, 2.75) is 22.7 Å². The van der Waals surface area contributed by atoms with Gasteiger partial charge in [-0.15, -0.1) is 0 Å². The second-order valence-electron chi connectivity index (χ2n) is 9.83. The van der Waals surface area contributed by atoms with Gasteiger partial charge < -0.3 is 19.3 Å². The molecular weight excluding hydrogens is 667 g/mol. The first kappa shape index (κ1) is 31.6. The number of rotatable bonds is 14. The summed E-state index contributed by atoms with van der Waals surface area (Å²) in [5.74, 6) is 1.60. The van der Waals surface area contributed by atoms with Crippen LogP contribution in [0.1, 0.15) is 28.4 Å². The van der Waals surface area contributed by atoms with E-state index in [1.54, 1.807) is 32.4 Å². The number of sulfonamides is 1. The van der Waals surface area contributed by atoms with Crippen molar-refractivity contribution in [1.29, 1.82) is 0 Å². The molecule has 0 spiro atoms. The van der Waals surface area contributed by atoms with Crippen LogP contribution in [0.3, 0.4) is 0 Å². The Hall–Kier alpha value is -3.32. The van der Waals surface area contributed by atoms with E-state index in [-0.39, 0.29) is 18.8 Å². The van der Waals surface area contributed by atoms with Crippen molar-refractivity contribution in [1.82, 2.24) is 5.32 Å². The number of halogens is 1. The van der Waals surface area contributed by atoms with E-state index in [9.17, 15) is 13.5 Å².